The van der Waals surface area contributed by atoms with Gasteiger partial charge in [-0.3, -0.25) is 4.79 Å². The van der Waals surface area contributed by atoms with E-state index in [-0.39, 0.29) is 5.41 Å². The molecule has 26 heavy (non-hydrogen) atoms. The van der Waals surface area contributed by atoms with Crippen LogP contribution in [0.2, 0.25) is 10.0 Å². The Morgan fingerprint density at radius 2 is 1.73 bits per heavy atom. The summed E-state index contributed by atoms with van der Waals surface area (Å²) in [5, 5.41) is 14.0. The van der Waals surface area contributed by atoms with Crippen LogP contribution >= 0.6 is 23.2 Å². The van der Waals surface area contributed by atoms with Crippen LogP contribution in [0.15, 0.2) is 48.5 Å². The lowest BCUT2D eigenvalue weighted by atomic mass is 9.74. The Balaban J connectivity index is 1.73. The molecule has 0 saturated carbocycles. The lowest BCUT2D eigenvalue weighted by Gasteiger charge is -2.38. The number of carbonyl (C=O) groups is 1. The first kappa shape index (κ1) is 19.2. The molecule has 1 unspecified atom stereocenters. The van der Waals surface area contributed by atoms with Gasteiger partial charge in [-0.15, -0.1) is 0 Å². The first-order valence-electron chi connectivity index (χ1n) is 8.55. The zero-order valence-electron chi connectivity index (χ0n) is 14.3. The van der Waals surface area contributed by atoms with E-state index in [1.54, 1.807) is 18.2 Å². The SMILES string of the molecule is O=C(NCC1(c2ccccc2)CCOCC1)C(O)c1cc(Cl)cc(Cl)c1. The highest BCUT2D eigenvalue weighted by molar-refractivity contribution is 6.34. The summed E-state index contributed by atoms with van der Waals surface area (Å²) in [4.78, 5) is 12.5. The molecular weight excluding hydrogens is 373 g/mol. The summed E-state index contributed by atoms with van der Waals surface area (Å²) < 4.78 is 5.50. The topological polar surface area (TPSA) is 58.6 Å². The zero-order chi connectivity index (χ0) is 18.6. The van der Waals surface area contributed by atoms with Crippen molar-refractivity contribution in [3.63, 3.8) is 0 Å². The van der Waals surface area contributed by atoms with Crippen LogP contribution in [0, 0.1) is 0 Å². The molecular formula is C20H21Cl2NO3. The molecule has 0 spiro atoms. The smallest absolute Gasteiger partial charge is 0.253 e. The highest BCUT2D eigenvalue weighted by Gasteiger charge is 2.35. The Kier molecular flexibility index (Phi) is 6.20. The second-order valence-electron chi connectivity index (χ2n) is 6.58. The van der Waals surface area contributed by atoms with E-state index in [0.717, 1.165) is 12.8 Å². The lowest BCUT2D eigenvalue weighted by molar-refractivity contribution is -0.130. The molecule has 0 aromatic heterocycles. The van der Waals surface area contributed by atoms with Crippen LogP contribution in [-0.2, 0) is 14.9 Å². The van der Waals surface area contributed by atoms with Crippen molar-refractivity contribution in [2.24, 2.45) is 0 Å². The van der Waals surface area contributed by atoms with Gasteiger partial charge in [0.05, 0.1) is 0 Å². The molecule has 1 aliphatic heterocycles. The highest BCUT2D eigenvalue weighted by atomic mass is 35.5. The fourth-order valence-electron chi connectivity index (χ4n) is 3.36. The monoisotopic (exact) mass is 393 g/mol. The van der Waals surface area contributed by atoms with Crippen LogP contribution in [0.3, 0.4) is 0 Å². The maximum atomic E-state index is 12.5. The average molecular weight is 394 g/mol. The van der Waals surface area contributed by atoms with Crippen LogP contribution in [-0.4, -0.2) is 30.8 Å². The van der Waals surface area contributed by atoms with Gasteiger partial charge in [-0.2, -0.15) is 0 Å². The van der Waals surface area contributed by atoms with Crippen molar-refractivity contribution < 1.29 is 14.6 Å². The second-order valence-corrected chi connectivity index (χ2v) is 7.45. The van der Waals surface area contributed by atoms with Gasteiger partial charge in [-0.05, 0) is 42.2 Å². The summed E-state index contributed by atoms with van der Waals surface area (Å²) in [6.07, 6.45) is 0.311. The molecule has 1 saturated heterocycles. The van der Waals surface area contributed by atoms with Crippen molar-refractivity contribution in [2.45, 2.75) is 24.4 Å². The second kappa shape index (κ2) is 8.40. The van der Waals surface area contributed by atoms with E-state index >= 15 is 0 Å². The summed E-state index contributed by atoms with van der Waals surface area (Å²) in [5.41, 5.74) is 1.35. The minimum absolute atomic E-state index is 0.194. The predicted molar refractivity (Wildman–Crippen MR) is 103 cm³/mol. The van der Waals surface area contributed by atoms with Crippen molar-refractivity contribution in [2.75, 3.05) is 19.8 Å². The third kappa shape index (κ3) is 4.38. The molecule has 1 atom stereocenters. The van der Waals surface area contributed by atoms with E-state index in [4.69, 9.17) is 27.9 Å². The molecule has 3 rings (SSSR count). The van der Waals surface area contributed by atoms with E-state index in [9.17, 15) is 9.90 Å². The molecule has 1 aliphatic rings. The Bertz CT molecular complexity index is 741. The zero-order valence-corrected chi connectivity index (χ0v) is 15.8. The summed E-state index contributed by atoms with van der Waals surface area (Å²) in [6, 6.07) is 14.8. The quantitative estimate of drug-likeness (QED) is 0.809. The van der Waals surface area contributed by atoms with Gasteiger partial charge in [0.25, 0.3) is 5.91 Å². The van der Waals surface area contributed by atoms with Crippen molar-refractivity contribution in [3.05, 3.63) is 69.7 Å². The highest BCUT2D eigenvalue weighted by Crippen LogP contribution is 2.34. The number of hydrogen-bond donors (Lipinski definition) is 2. The maximum Gasteiger partial charge on any atom is 0.253 e. The third-order valence-corrected chi connectivity index (χ3v) is 5.32. The number of benzene rings is 2. The summed E-state index contributed by atoms with van der Waals surface area (Å²) in [6.45, 7) is 1.74. The Hall–Kier alpha value is -1.59. The van der Waals surface area contributed by atoms with Gasteiger partial charge in [0.15, 0.2) is 6.10 Å². The Morgan fingerprint density at radius 3 is 2.35 bits per heavy atom. The number of nitrogens with one attached hydrogen (secondary N) is 1. The molecule has 2 aromatic carbocycles. The van der Waals surface area contributed by atoms with E-state index in [0.29, 0.717) is 35.4 Å². The summed E-state index contributed by atoms with van der Waals surface area (Å²) >= 11 is 11.9. The summed E-state index contributed by atoms with van der Waals surface area (Å²) in [5.74, 6) is -0.467. The number of aliphatic hydroxyl groups is 1. The number of aliphatic hydroxyl groups excluding tert-OH is 1. The van der Waals surface area contributed by atoms with Crippen LogP contribution in [0.1, 0.15) is 30.1 Å². The molecule has 4 nitrogen and oxygen atoms in total. The Morgan fingerprint density at radius 1 is 1.12 bits per heavy atom. The normalized spacial score (nSPS) is 17.5. The van der Waals surface area contributed by atoms with Crippen LogP contribution in [0.25, 0.3) is 0 Å². The largest absolute Gasteiger partial charge is 0.381 e. The fourth-order valence-corrected chi connectivity index (χ4v) is 3.90. The van der Waals surface area contributed by atoms with Crippen LogP contribution < -0.4 is 5.32 Å². The first-order valence-corrected chi connectivity index (χ1v) is 9.31. The number of hydrogen-bond acceptors (Lipinski definition) is 3. The van der Waals surface area contributed by atoms with Crippen molar-refractivity contribution >= 4 is 29.1 Å². The summed E-state index contributed by atoms with van der Waals surface area (Å²) in [7, 11) is 0. The standard InChI is InChI=1S/C20H21Cl2NO3/c21-16-10-14(11-17(22)12-16)18(24)19(25)23-13-20(6-8-26-9-7-20)15-4-2-1-3-5-15/h1-5,10-12,18,24H,6-9,13H2,(H,23,25). The number of rotatable bonds is 5. The first-order chi connectivity index (χ1) is 12.5. The molecule has 6 heteroatoms. The molecule has 2 N–H and O–H groups in total. The van der Waals surface area contributed by atoms with Gasteiger partial charge >= 0.3 is 0 Å². The molecule has 0 bridgehead atoms. The van der Waals surface area contributed by atoms with Crippen molar-refractivity contribution in [1.82, 2.24) is 5.32 Å². The Labute approximate surface area is 163 Å². The molecule has 1 heterocycles. The number of amides is 1. The van der Waals surface area contributed by atoms with E-state index < -0.39 is 12.0 Å². The van der Waals surface area contributed by atoms with Gasteiger partial charge in [-0.25, -0.2) is 0 Å². The molecule has 1 amide bonds. The van der Waals surface area contributed by atoms with Gasteiger partial charge in [0.1, 0.15) is 0 Å². The van der Waals surface area contributed by atoms with Crippen LogP contribution in [0.5, 0.6) is 0 Å². The fraction of sp³-hybridized carbons (Fsp3) is 0.350. The maximum absolute atomic E-state index is 12.5. The number of ether oxygens (including phenoxy) is 1. The molecule has 0 radical (unpaired) electrons. The molecule has 138 valence electrons. The van der Waals surface area contributed by atoms with Crippen molar-refractivity contribution in [3.8, 4) is 0 Å². The van der Waals surface area contributed by atoms with E-state index in [2.05, 4.69) is 17.4 Å². The van der Waals surface area contributed by atoms with Gasteiger partial charge in [0, 0.05) is 35.2 Å². The molecule has 0 aliphatic carbocycles. The van der Waals surface area contributed by atoms with Gasteiger partial charge in [0.2, 0.25) is 0 Å². The number of carbonyl (C=O) groups excluding carboxylic acids is 1. The van der Waals surface area contributed by atoms with Crippen molar-refractivity contribution in [1.29, 1.82) is 0 Å². The van der Waals surface area contributed by atoms with Crippen LogP contribution in [0.4, 0.5) is 0 Å². The average Bonchev–Trinajstić information content (AvgIpc) is 2.66. The minimum atomic E-state index is -1.32. The minimum Gasteiger partial charge on any atom is -0.381 e. The van der Waals surface area contributed by atoms with E-state index in [1.807, 2.05) is 18.2 Å². The van der Waals surface area contributed by atoms with Gasteiger partial charge in [-0.1, -0.05) is 53.5 Å². The van der Waals surface area contributed by atoms with E-state index in [1.165, 1.54) is 5.56 Å². The number of halogens is 2. The van der Waals surface area contributed by atoms with Gasteiger partial charge < -0.3 is 15.2 Å². The lowest BCUT2D eigenvalue weighted by Crippen LogP contribution is -2.45. The molecule has 2 aromatic rings. The predicted octanol–water partition coefficient (Wildman–Crippen LogP) is 3.89. The molecule has 1 fully saturated rings. The third-order valence-electron chi connectivity index (χ3n) is 4.89.